The molecule has 0 aliphatic carbocycles. The van der Waals surface area contributed by atoms with Crippen molar-refractivity contribution in [1.29, 1.82) is 0 Å². The number of benzene rings is 3. The molecule has 0 unspecified atom stereocenters. The first-order valence-corrected chi connectivity index (χ1v) is 11.0. The lowest BCUT2D eigenvalue weighted by Gasteiger charge is -2.22. The lowest BCUT2D eigenvalue weighted by atomic mass is 10.1. The number of anilines is 2. The third-order valence-electron chi connectivity index (χ3n) is 5.82. The normalized spacial score (nSPS) is 13.3. The van der Waals surface area contributed by atoms with Gasteiger partial charge < -0.3 is 24.7 Å². The van der Waals surface area contributed by atoms with Crippen molar-refractivity contribution in [2.75, 3.05) is 30.5 Å². The summed E-state index contributed by atoms with van der Waals surface area (Å²) >= 11 is 0. The molecule has 2 N–H and O–H groups in total. The summed E-state index contributed by atoms with van der Waals surface area (Å²) in [6.07, 6.45) is 0. The van der Waals surface area contributed by atoms with Crippen molar-refractivity contribution in [2.24, 2.45) is 0 Å². The number of imidazole rings is 1. The van der Waals surface area contributed by atoms with Crippen LogP contribution in [-0.2, 0) is 11.3 Å². The molecule has 0 spiro atoms. The first-order chi connectivity index (χ1) is 16.5. The molecule has 0 saturated carbocycles. The van der Waals surface area contributed by atoms with E-state index in [2.05, 4.69) is 15.3 Å². The molecule has 0 radical (unpaired) electrons. The predicted molar refractivity (Wildman–Crippen MR) is 130 cm³/mol. The van der Waals surface area contributed by atoms with Crippen molar-refractivity contribution >= 4 is 34.2 Å². The first-order valence-electron chi connectivity index (χ1n) is 11.0. The van der Waals surface area contributed by atoms with Gasteiger partial charge in [0.25, 0.3) is 11.8 Å². The monoisotopic (exact) mass is 456 g/mol. The van der Waals surface area contributed by atoms with Crippen molar-refractivity contribution in [1.82, 2.24) is 9.97 Å². The Bertz CT molecular complexity index is 1390. The zero-order valence-electron chi connectivity index (χ0n) is 18.9. The fraction of sp³-hybridized carbons (Fsp3) is 0.192. The Morgan fingerprint density at radius 3 is 2.82 bits per heavy atom. The third kappa shape index (κ3) is 3.99. The van der Waals surface area contributed by atoms with Crippen LogP contribution in [0.1, 0.15) is 32.1 Å². The van der Waals surface area contributed by atoms with E-state index in [1.165, 1.54) is 7.11 Å². The van der Waals surface area contributed by atoms with Gasteiger partial charge in [-0.05, 0) is 43.3 Å². The maximum Gasteiger partial charge on any atom is 0.259 e. The average molecular weight is 457 g/mol. The van der Waals surface area contributed by atoms with Gasteiger partial charge in [0.2, 0.25) is 0 Å². The maximum absolute atomic E-state index is 13.4. The maximum atomic E-state index is 13.4. The van der Waals surface area contributed by atoms with Gasteiger partial charge in [0.05, 0.1) is 37.1 Å². The quantitative estimate of drug-likeness (QED) is 0.477. The van der Waals surface area contributed by atoms with Crippen molar-refractivity contribution in [3.63, 3.8) is 0 Å². The van der Waals surface area contributed by atoms with Crippen LogP contribution in [-0.4, -0.2) is 42.0 Å². The fourth-order valence-electron chi connectivity index (χ4n) is 4.18. The number of para-hydroxylation sites is 2. The number of methoxy groups -OCH3 is 1. The molecule has 5 rings (SSSR count). The van der Waals surface area contributed by atoms with Gasteiger partial charge in [0.15, 0.2) is 0 Å². The number of rotatable bonds is 4. The molecule has 1 aliphatic rings. The van der Waals surface area contributed by atoms with Crippen LogP contribution in [0.3, 0.4) is 0 Å². The zero-order chi connectivity index (χ0) is 23.7. The van der Waals surface area contributed by atoms with Gasteiger partial charge in [-0.25, -0.2) is 4.98 Å². The van der Waals surface area contributed by atoms with Crippen LogP contribution in [0.5, 0.6) is 5.75 Å². The highest BCUT2D eigenvalue weighted by atomic mass is 16.5. The van der Waals surface area contributed by atoms with Crippen molar-refractivity contribution in [3.05, 3.63) is 83.2 Å². The van der Waals surface area contributed by atoms with Gasteiger partial charge in [-0.15, -0.1) is 0 Å². The van der Waals surface area contributed by atoms with Crippen molar-refractivity contribution in [3.8, 4) is 5.75 Å². The molecular formula is C26H24N4O4. The Labute approximate surface area is 196 Å². The van der Waals surface area contributed by atoms with Gasteiger partial charge in [-0.2, -0.15) is 0 Å². The van der Waals surface area contributed by atoms with Gasteiger partial charge in [0, 0.05) is 23.4 Å². The second-order valence-electron chi connectivity index (χ2n) is 8.03. The summed E-state index contributed by atoms with van der Waals surface area (Å²) in [7, 11) is 1.48. The number of aromatic amines is 1. The summed E-state index contributed by atoms with van der Waals surface area (Å²) < 4.78 is 11.1. The number of hydrogen-bond acceptors (Lipinski definition) is 5. The molecular weight excluding hydrogens is 432 g/mol. The van der Waals surface area contributed by atoms with E-state index in [9.17, 15) is 9.59 Å². The average Bonchev–Trinajstić information content (AvgIpc) is 3.11. The van der Waals surface area contributed by atoms with Crippen LogP contribution < -0.4 is 15.0 Å². The minimum Gasteiger partial charge on any atom is -0.496 e. The summed E-state index contributed by atoms with van der Waals surface area (Å²) in [5.74, 6) is 0.545. The first kappa shape index (κ1) is 21.7. The highest BCUT2D eigenvalue weighted by molar-refractivity contribution is 6.11. The van der Waals surface area contributed by atoms with Crippen LogP contribution in [0.2, 0.25) is 0 Å². The number of H-pyrrole nitrogens is 1. The van der Waals surface area contributed by atoms with E-state index >= 15 is 0 Å². The van der Waals surface area contributed by atoms with Crippen LogP contribution in [0, 0.1) is 6.92 Å². The number of nitrogens with zero attached hydrogens (tertiary/aromatic N) is 2. The van der Waals surface area contributed by atoms with Crippen LogP contribution >= 0.6 is 0 Å². The summed E-state index contributed by atoms with van der Waals surface area (Å²) in [5.41, 5.74) is 4.65. The number of hydrogen-bond donors (Lipinski definition) is 2. The largest absolute Gasteiger partial charge is 0.496 e. The van der Waals surface area contributed by atoms with E-state index in [0.29, 0.717) is 47.8 Å². The zero-order valence-corrected chi connectivity index (χ0v) is 18.9. The van der Waals surface area contributed by atoms with E-state index in [4.69, 9.17) is 9.47 Å². The smallest absolute Gasteiger partial charge is 0.259 e. The Morgan fingerprint density at radius 1 is 1.12 bits per heavy atom. The van der Waals surface area contributed by atoms with Gasteiger partial charge >= 0.3 is 0 Å². The highest BCUT2D eigenvalue weighted by Crippen LogP contribution is 2.28. The van der Waals surface area contributed by atoms with E-state index in [-0.39, 0.29) is 11.8 Å². The molecule has 4 aromatic rings. The molecule has 8 nitrogen and oxygen atoms in total. The van der Waals surface area contributed by atoms with E-state index in [0.717, 1.165) is 22.6 Å². The lowest BCUT2D eigenvalue weighted by Crippen LogP contribution is -2.33. The summed E-state index contributed by atoms with van der Waals surface area (Å²) in [6, 6.07) is 18.1. The summed E-state index contributed by atoms with van der Waals surface area (Å²) in [5, 5.41) is 2.91. The number of carbonyl (C=O) groups excluding carboxylic acids is 2. The Hall–Kier alpha value is -4.17. The molecule has 1 aliphatic heterocycles. The van der Waals surface area contributed by atoms with E-state index in [1.54, 1.807) is 29.2 Å². The Balaban J connectivity index is 1.43. The number of aromatic nitrogens is 2. The summed E-state index contributed by atoms with van der Waals surface area (Å²) in [4.78, 5) is 35.8. The van der Waals surface area contributed by atoms with Crippen molar-refractivity contribution < 1.29 is 19.1 Å². The number of nitrogens with one attached hydrogen (secondary N) is 2. The minimum atomic E-state index is -0.350. The third-order valence-corrected chi connectivity index (χ3v) is 5.82. The van der Waals surface area contributed by atoms with Crippen molar-refractivity contribution in [2.45, 2.75) is 13.5 Å². The number of carbonyl (C=O) groups is 2. The van der Waals surface area contributed by atoms with Crippen LogP contribution in [0.15, 0.2) is 60.7 Å². The Kier molecular flexibility index (Phi) is 5.73. The molecule has 0 bridgehead atoms. The molecule has 1 aromatic heterocycles. The molecule has 172 valence electrons. The minimum absolute atomic E-state index is 0.181. The van der Waals surface area contributed by atoms with Gasteiger partial charge in [0.1, 0.15) is 17.1 Å². The van der Waals surface area contributed by atoms with Gasteiger partial charge in [-0.3, -0.25) is 9.59 Å². The molecule has 0 saturated heterocycles. The topological polar surface area (TPSA) is 96.5 Å². The number of ether oxygens (including phenoxy) is 2. The number of fused-ring (bicyclic) bond motifs is 2. The molecule has 2 heterocycles. The fourth-order valence-corrected chi connectivity index (χ4v) is 4.18. The van der Waals surface area contributed by atoms with Crippen LogP contribution in [0.25, 0.3) is 11.0 Å². The molecule has 34 heavy (non-hydrogen) atoms. The molecule has 3 aromatic carbocycles. The molecule has 0 fully saturated rings. The van der Waals surface area contributed by atoms with E-state index < -0.39 is 0 Å². The Morgan fingerprint density at radius 2 is 1.97 bits per heavy atom. The SMILES string of the molecule is COc1cc(C(=O)N2CCOCc3ccccc32)ccc1C(=O)Nc1cccc2[nH]c(C)nc12. The molecule has 8 heteroatoms. The number of aryl methyl sites for hydroxylation is 1. The summed E-state index contributed by atoms with van der Waals surface area (Å²) in [6.45, 7) is 3.20. The van der Waals surface area contributed by atoms with E-state index in [1.807, 2.05) is 43.3 Å². The standard InChI is InChI=1S/C26H24N4O4/c1-16-27-20-7-5-8-21(24(20)28-16)29-25(31)19-11-10-17(14-23(19)33-2)26(32)30-12-13-34-15-18-6-3-4-9-22(18)30/h3-11,14H,12-13,15H2,1-2H3,(H,27,28)(H,29,31). The molecule has 0 atom stereocenters. The number of amides is 2. The second-order valence-corrected chi connectivity index (χ2v) is 8.03. The lowest BCUT2D eigenvalue weighted by molar-refractivity contribution is 0.0963. The molecule has 2 amide bonds. The van der Waals surface area contributed by atoms with Crippen LogP contribution in [0.4, 0.5) is 11.4 Å². The predicted octanol–water partition coefficient (Wildman–Crippen LogP) is 4.31. The van der Waals surface area contributed by atoms with Gasteiger partial charge in [-0.1, -0.05) is 24.3 Å². The second kappa shape index (κ2) is 8.99. The highest BCUT2D eigenvalue weighted by Gasteiger charge is 2.24.